The first-order valence-electron chi connectivity index (χ1n) is 10.5. The largest absolute Gasteiger partial charge is 0.461 e. The minimum atomic E-state index is -0.515. The van der Waals surface area contributed by atoms with E-state index in [0.717, 1.165) is 33.3 Å². The lowest BCUT2D eigenvalue weighted by atomic mass is 9.95. The Morgan fingerprint density at radius 3 is 2.66 bits per heavy atom. The highest BCUT2D eigenvalue weighted by molar-refractivity contribution is 5.78. The molecule has 0 aliphatic rings. The Bertz CT molecular complexity index is 1240. The molecule has 4 aromatic rings. The second-order valence-corrected chi connectivity index (χ2v) is 7.35. The molecule has 2 unspecified atom stereocenters. The van der Waals surface area contributed by atoms with E-state index in [-0.39, 0.29) is 0 Å². The van der Waals surface area contributed by atoms with Crippen molar-refractivity contribution in [2.75, 3.05) is 6.61 Å². The zero-order valence-corrected chi connectivity index (χ0v) is 17.7. The summed E-state index contributed by atoms with van der Waals surface area (Å²) in [7, 11) is 0. The van der Waals surface area contributed by atoms with E-state index in [1.54, 1.807) is 12.4 Å². The van der Waals surface area contributed by atoms with Gasteiger partial charge in [0.1, 0.15) is 12.2 Å². The van der Waals surface area contributed by atoms with E-state index in [1.165, 1.54) is 0 Å². The van der Waals surface area contributed by atoms with Crippen LogP contribution >= 0.6 is 0 Å². The number of imidazole rings is 1. The van der Waals surface area contributed by atoms with E-state index in [2.05, 4.69) is 16.0 Å². The smallest absolute Gasteiger partial charge is 0.293 e. The number of fused-ring (bicyclic) bond motifs is 1. The number of aromatic amines is 1. The monoisotopic (exact) mass is 425 g/mol. The summed E-state index contributed by atoms with van der Waals surface area (Å²) in [4.78, 5) is 18.8. The van der Waals surface area contributed by atoms with Crippen molar-refractivity contribution in [1.82, 2.24) is 9.97 Å². The fourth-order valence-corrected chi connectivity index (χ4v) is 3.99. The van der Waals surface area contributed by atoms with Crippen LogP contribution in [0.2, 0.25) is 0 Å². The van der Waals surface area contributed by atoms with Crippen molar-refractivity contribution in [3.8, 4) is 17.2 Å². The second kappa shape index (κ2) is 9.90. The molecule has 0 aliphatic heterocycles. The molecule has 0 fully saturated rings. The van der Waals surface area contributed by atoms with Gasteiger partial charge in [0.05, 0.1) is 29.0 Å². The molecule has 0 saturated carbocycles. The van der Waals surface area contributed by atoms with Crippen LogP contribution in [0.5, 0.6) is 0 Å². The number of benzene rings is 3. The zero-order chi connectivity index (χ0) is 22.3. The molecule has 160 valence electrons. The molecule has 0 spiro atoms. The van der Waals surface area contributed by atoms with Crippen LogP contribution in [0.1, 0.15) is 29.7 Å². The van der Waals surface area contributed by atoms with Gasteiger partial charge in [0.25, 0.3) is 6.47 Å². The van der Waals surface area contributed by atoms with E-state index in [4.69, 9.17) is 9.47 Å². The predicted molar refractivity (Wildman–Crippen MR) is 122 cm³/mol. The van der Waals surface area contributed by atoms with Gasteiger partial charge in [-0.3, -0.25) is 4.79 Å². The summed E-state index contributed by atoms with van der Waals surface area (Å²) in [6, 6.07) is 23.5. The summed E-state index contributed by atoms with van der Waals surface area (Å²) < 4.78 is 11.6. The van der Waals surface area contributed by atoms with Crippen molar-refractivity contribution in [2.45, 2.75) is 25.6 Å². The molecule has 0 bridgehead atoms. The highest BCUT2D eigenvalue weighted by Gasteiger charge is 2.28. The maximum atomic E-state index is 11.3. The van der Waals surface area contributed by atoms with Crippen LogP contribution in [0.25, 0.3) is 22.2 Å². The maximum Gasteiger partial charge on any atom is 0.293 e. The zero-order valence-electron chi connectivity index (χ0n) is 17.7. The minimum Gasteiger partial charge on any atom is -0.461 e. The quantitative estimate of drug-likeness (QED) is 0.383. The summed E-state index contributed by atoms with van der Waals surface area (Å²) in [5.74, 6) is 0. The Kier molecular flexibility index (Phi) is 6.59. The highest BCUT2D eigenvalue weighted by atomic mass is 16.6. The molecule has 2 atom stereocenters. The Balaban J connectivity index is 1.63. The van der Waals surface area contributed by atoms with Crippen LogP contribution in [0.4, 0.5) is 0 Å². The van der Waals surface area contributed by atoms with Crippen LogP contribution in [-0.2, 0) is 20.7 Å². The summed E-state index contributed by atoms with van der Waals surface area (Å²) in [5.41, 5.74) is 6.07. The normalized spacial score (nSPS) is 12.8. The number of carbonyl (C=O) groups excluding carboxylic acids is 1. The van der Waals surface area contributed by atoms with Gasteiger partial charge in [0.2, 0.25) is 0 Å². The Hall–Kier alpha value is -3.95. The molecular weight excluding hydrogens is 402 g/mol. The fourth-order valence-electron chi connectivity index (χ4n) is 3.99. The first kappa shape index (κ1) is 21.3. The number of nitriles is 1. The van der Waals surface area contributed by atoms with Gasteiger partial charge in [-0.2, -0.15) is 5.26 Å². The molecule has 1 aromatic heterocycles. The molecule has 0 amide bonds. The molecule has 4 rings (SSSR count). The van der Waals surface area contributed by atoms with E-state index >= 15 is 0 Å². The topological polar surface area (TPSA) is 88.0 Å². The third-order valence-electron chi connectivity index (χ3n) is 5.46. The van der Waals surface area contributed by atoms with Crippen molar-refractivity contribution in [2.24, 2.45) is 0 Å². The Morgan fingerprint density at radius 1 is 1.09 bits per heavy atom. The van der Waals surface area contributed by atoms with E-state index < -0.39 is 12.2 Å². The number of hydrogen-bond acceptors (Lipinski definition) is 5. The summed E-state index contributed by atoms with van der Waals surface area (Å²) in [6.45, 7) is 2.86. The number of rotatable bonds is 9. The molecular formula is C26H23N3O3. The van der Waals surface area contributed by atoms with Crippen LogP contribution in [0, 0.1) is 11.3 Å². The molecule has 0 aliphatic carbocycles. The van der Waals surface area contributed by atoms with Gasteiger partial charge in [0.15, 0.2) is 0 Å². The van der Waals surface area contributed by atoms with Gasteiger partial charge in [-0.15, -0.1) is 0 Å². The standard InChI is InChI=1S/C26H23N3O3/c1-2-31-26(22-8-5-9-23-25(22)29-16-28-23)24(32-17-30)14-18-10-12-19(13-11-18)21-7-4-3-6-20(21)15-27/h3-13,16-17,24,26H,2,14H2,1H3,(H,28,29). The lowest BCUT2D eigenvalue weighted by Gasteiger charge is -2.26. The molecule has 0 radical (unpaired) electrons. The van der Waals surface area contributed by atoms with Crippen molar-refractivity contribution in [1.29, 1.82) is 5.26 Å². The van der Waals surface area contributed by atoms with E-state index in [9.17, 15) is 10.1 Å². The number of nitrogens with zero attached hydrogens (tertiary/aromatic N) is 2. The average molecular weight is 425 g/mol. The number of carbonyl (C=O) groups is 1. The first-order chi connectivity index (χ1) is 15.7. The Labute approximate surface area is 186 Å². The number of para-hydroxylation sites is 1. The van der Waals surface area contributed by atoms with Crippen molar-refractivity contribution in [3.05, 3.63) is 89.7 Å². The number of nitrogens with one attached hydrogen (secondary N) is 1. The molecule has 0 saturated heterocycles. The number of aromatic nitrogens is 2. The highest BCUT2D eigenvalue weighted by Crippen LogP contribution is 2.31. The molecule has 3 aromatic carbocycles. The number of hydrogen-bond donors (Lipinski definition) is 1. The summed E-state index contributed by atoms with van der Waals surface area (Å²) in [5, 5.41) is 9.37. The maximum absolute atomic E-state index is 11.3. The van der Waals surface area contributed by atoms with Crippen LogP contribution in [0.15, 0.2) is 73.1 Å². The van der Waals surface area contributed by atoms with Crippen LogP contribution in [-0.4, -0.2) is 29.2 Å². The second-order valence-electron chi connectivity index (χ2n) is 7.35. The van der Waals surface area contributed by atoms with Gasteiger partial charge in [-0.25, -0.2) is 4.98 Å². The number of ether oxygens (including phenoxy) is 2. The predicted octanol–water partition coefficient (Wildman–Crippen LogP) is 4.96. The van der Waals surface area contributed by atoms with E-state index in [0.29, 0.717) is 25.1 Å². The molecule has 32 heavy (non-hydrogen) atoms. The van der Waals surface area contributed by atoms with Crippen molar-refractivity contribution >= 4 is 17.5 Å². The third-order valence-corrected chi connectivity index (χ3v) is 5.46. The average Bonchev–Trinajstić information content (AvgIpc) is 3.32. The molecule has 6 heteroatoms. The molecule has 1 heterocycles. The van der Waals surface area contributed by atoms with Crippen LogP contribution < -0.4 is 0 Å². The van der Waals surface area contributed by atoms with E-state index in [1.807, 2.05) is 67.6 Å². The van der Waals surface area contributed by atoms with Gasteiger partial charge >= 0.3 is 0 Å². The summed E-state index contributed by atoms with van der Waals surface area (Å²) in [6.07, 6.45) is 1.16. The fraction of sp³-hybridized carbons (Fsp3) is 0.192. The molecule has 1 N–H and O–H groups in total. The van der Waals surface area contributed by atoms with Gasteiger partial charge < -0.3 is 14.5 Å². The number of H-pyrrole nitrogens is 1. The minimum absolute atomic E-state index is 0.451. The Morgan fingerprint density at radius 2 is 1.91 bits per heavy atom. The van der Waals surface area contributed by atoms with Gasteiger partial charge in [0, 0.05) is 18.6 Å². The molecule has 6 nitrogen and oxygen atoms in total. The van der Waals surface area contributed by atoms with Crippen molar-refractivity contribution < 1.29 is 14.3 Å². The first-order valence-corrected chi connectivity index (χ1v) is 10.5. The van der Waals surface area contributed by atoms with Crippen LogP contribution in [0.3, 0.4) is 0 Å². The SMILES string of the molecule is CCOC(c1cccc2nc[nH]c12)C(Cc1ccc(-c2ccccc2C#N)cc1)OC=O. The lowest BCUT2D eigenvalue weighted by Crippen LogP contribution is -2.27. The van der Waals surface area contributed by atoms with Gasteiger partial charge in [-0.05, 0) is 35.7 Å². The van der Waals surface area contributed by atoms with Gasteiger partial charge in [-0.1, -0.05) is 54.6 Å². The third kappa shape index (κ3) is 4.39. The van der Waals surface area contributed by atoms with Crippen molar-refractivity contribution in [3.63, 3.8) is 0 Å². The lowest BCUT2D eigenvalue weighted by molar-refractivity contribution is -0.142. The summed E-state index contributed by atoms with van der Waals surface area (Å²) >= 11 is 0.